The average molecular weight is 431 g/mol. The van der Waals surface area contributed by atoms with Crippen molar-refractivity contribution in [3.05, 3.63) is 60.0 Å². The zero-order valence-electron chi connectivity index (χ0n) is 16.8. The Kier molecular flexibility index (Phi) is 5.25. The number of amides is 2. The van der Waals surface area contributed by atoms with Gasteiger partial charge in [-0.3, -0.25) is 0 Å². The van der Waals surface area contributed by atoms with Crippen LogP contribution < -0.4 is 5.32 Å². The Morgan fingerprint density at radius 2 is 1.77 bits per heavy atom. The molecular weight excluding hydrogens is 407 g/mol. The summed E-state index contributed by atoms with van der Waals surface area (Å²) >= 11 is 0. The second-order valence-corrected chi connectivity index (χ2v) is 9.37. The highest BCUT2D eigenvalue weighted by atomic mass is 32.2. The molecule has 7 nitrogen and oxygen atoms in total. The number of halogens is 1. The Bertz CT molecular complexity index is 1210. The van der Waals surface area contributed by atoms with Crippen LogP contribution in [0.15, 0.2) is 53.6 Å². The number of anilines is 1. The summed E-state index contributed by atoms with van der Waals surface area (Å²) < 4.78 is 43.1. The van der Waals surface area contributed by atoms with Gasteiger partial charge in [-0.05, 0) is 48.9 Å². The number of carbonyl (C=O) groups excluding carboxylic acids is 1. The second-order valence-electron chi connectivity index (χ2n) is 7.43. The zero-order valence-corrected chi connectivity index (χ0v) is 17.6. The number of benzene rings is 2. The molecule has 1 aliphatic heterocycles. The van der Waals surface area contributed by atoms with Crippen LogP contribution in [-0.4, -0.2) is 54.4 Å². The van der Waals surface area contributed by atoms with E-state index in [9.17, 15) is 17.6 Å². The maximum Gasteiger partial charge on any atom is 0.321 e. The van der Waals surface area contributed by atoms with Gasteiger partial charge in [-0.2, -0.15) is 4.31 Å². The number of urea groups is 1. The molecule has 2 amide bonds. The highest BCUT2D eigenvalue weighted by molar-refractivity contribution is 7.89. The van der Waals surface area contributed by atoms with Gasteiger partial charge in [-0.1, -0.05) is 6.07 Å². The Balaban J connectivity index is 1.42. The number of fused-ring (bicyclic) bond motifs is 1. The van der Waals surface area contributed by atoms with Gasteiger partial charge in [0.1, 0.15) is 5.82 Å². The molecule has 0 saturated carbocycles. The highest BCUT2D eigenvalue weighted by Crippen LogP contribution is 2.23. The van der Waals surface area contributed by atoms with Crippen molar-refractivity contribution in [2.45, 2.75) is 11.8 Å². The fourth-order valence-corrected chi connectivity index (χ4v) is 5.03. The minimum atomic E-state index is -3.65. The van der Waals surface area contributed by atoms with E-state index in [-0.39, 0.29) is 42.9 Å². The van der Waals surface area contributed by atoms with E-state index in [1.54, 1.807) is 37.3 Å². The lowest BCUT2D eigenvalue weighted by atomic mass is 10.2. The van der Waals surface area contributed by atoms with Gasteiger partial charge in [0.05, 0.1) is 4.90 Å². The number of hydrogen-bond donors (Lipinski definition) is 1. The second kappa shape index (κ2) is 7.73. The van der Waals surface area contributed by atoms with Crippen molar-refractivity contribution in [3.63, 3.8) is 0 Å². The van der Waals surface area contributed by atoms with Crippen molar-refractivity contribution in [2.75, 3.05) is 31.5 Å². The van der Waals surface area contributed by atoms with Crippen LogP contribution in [0, 0.1) is 12.7 Å². The third kappa shape index (κ3) is 3.78. The molecule has 1 aliphatic rings. The first-order valence-corrected chi connectivity index (χ1v) is 11.1. The molecule has 0 atom stereocenters. The SMILES string of the molecule is Cc1ccc(NC(=O)N2CCN(S(=O)(=O)c3ccc4c(ccn4C)c3)CC2)cc1F. The smallest absolute Gasteiger partial charge is 0.321 e. The van der Waals surface area contributed by atoms with Gasteiger partial charge in [0.15, 0.2) is 0 Å². The molecule has 9 heteroatoms. The van der Waals surface area contributed by atoms with E-state index in [1.807, 2.05) is 23.9 Å². The molecule has 0 bridgehead atoms. The van der Waals surface area contributed by atoms with Gasteiger partial charge >= 0.3 is 6.03 Å². The van der Waals surface area contributed by atoms with E-state index < -0.39 is 10.0 Å². The van der Waals surface area contributed by atoms with Crippen LogP contribution in [0.2, 0.25) is 0 Å². The quantitative estimate of drug-likeness (QED) is 0.694. The number of carbonyl (C=O) groups is 1. The lowest BCUT2D eigenvalue weighted by Crippen LogP contribution is -2.51. The lowest BCUT2D eigenvalue weighted by molar-refractivity contribution is 0.184. The Labute approximate surface area is 174 Å². The topological polar surface area (TPSA) is 74.7 Å². The number of rotatable bonds is 3. The van der Waals surface area contributed by atoms with E-state index in [1.165, 1.54) is 15.3 Å². The third-order valence-electron chi connectivity index (χ3n) is 5.44. The van der Waals surface area contributed by atoms with Crippen LogP contribution in [0.1, 0.15) is 5.56 Å². The Hall–Kier alpha value is -2.91. The van der Waals surface area contributed by atoms with Crippen molar-refractivity contribution >= 4 is 32.6 Å². The predicted octanol–water partition coefficient (Wildman–Crippen LogP) is 3.16. The van der Waals surface area contributed by atoms with Gasteiger partial charge in [-0.15, -0.1) is 0 Å². The Morgan fingerprint density at radius 1 is 1.03 bits per heavy atom. The van der Waals surface area contributed by atoms with E-state index in [0.29, 0.717) is 11.3 Å². The minimum absolute atomic E-state index is 0.199. The van der Waals surface area contributed by atoms with Crippen molar-refractivity contribution in [3.8, 4) is 0 Å². The maximum absolute atomic E-state index is 13.7. The summed E-state index contributed by atoms with van der Waals surface area (Å²) in [6, 6.07) is 11.1. The van der Waals surface area contributed by atoms with E-state index in [4.69, 9.17) is 0 Å². The van der Waals surface area contributed by atoms with Crippen LogP contribution in [-0.2, 0) is 17.1 Å². The van der Waals surface area contributed by atoms with Crippen LogP contribution in [0.3, 0.4) is 0 Å². The molecule has 0 spiro atoms. The summed E-state index contributed by atoms with van der Waals surface area (Å²) in [5.74, 6) is -0.390. The Morgan fingerprint density at radius 3 is 2.47 bits per heavy atom. The largest absolute Gasteiger partial charge is 0.351 e. The fourth-order valence-electron chi connectivity index (χ4n) is 3.57. The monoisotopic (exact) mass is 430 g/mol. The molecule has 4 rings (SSSR count). The van der Waals surface area contributed by atoms with Gasteiger partial charge < -0.3 is 14.8 Å². The number of piperazine rings is 1. The summed E-state index contributed by atoms with van der Waals surface area (Å²) in [5.41, 5.74) is 1.83. The van der Waals surface area contributed by atoms with Crippen LogP contribution in [0.4, 0.5) is 14.9 Å². The molecule has 1 fully saturated rings. The van der Waals surface area contributed by atoms with Crippen LogP contribution >= 0.6 is 0 Å². The third-order valence-corrected chi connectivity index (χ3v) is 7.34. The first kappa shape index (κ1) is 20.4. The molecule has 30 heavy (non-hydrogen) atoms. The number of nitrogens with one attached hydrogen (secondary N) is 1. The van der Waals surface area contributed by atoms with E-state index in [0.717, 1.165) is 10.9 Å². The van der Waals surface area contributed by atoms with Crippen LogP contribution in [0.5, 0.6) is 0 Å². The molecule has 1 saturated heterocycles. The first-order chi connectivity index (χ1) is 14.3. The standard InChI is InChI=1S/C21H23FN4O3S/c1-15-3-4-17(14-19(15)22)23-21(27)25-9-11-26(12-10-25)30(28,29)18-5-6-20-16(13-18)7-8-24(20)2/h3-8,13-14H,9-12H2,1-2H3,(H,23,27). The van der Waals surface area contributed by atoms with Crippen molar-refractivity contribution in [1.82, 2.24) is 13.8 Å². The minimum Gasteiger partial charge on any atom is -0.351 e. The highest BCUT2D eigenvalue weighted by Gasteiger charge is 2.30. The summed E-state index contributed by atoms with van der Waals surface area (Å²) in [6.07, 6.45) is 1.89. The molecule has 1 N–H and O–H groups in total. The van der Waals surface area contributed by atoms with Crippen molar-refractivity contribution in [2.24, 2.45) is 7.05 Å². The molecule has 2 heterocycles. The summed E-state index contributed by atoms with van der Waals surface area (Å²) in [5, 5.41) is 3.53. The molecule has 0 unspecified atom stereocenters. The van der Waals surface area contributed by atoms with Crippen molar-refractivity contribution < 1.29 is 17.6 Å². The molecule has 0 aliphatic carbocycles. The van der Waals surface area contributed by atoms with Gasteiger partial charge in [-0.25, -0.2) is 17.6 Å². The summed E-state index contributed by atoms with van der Waals surface area (Å²) in [6.45, 7) is 2.56. The molecular formula is C21H23FN4O3S. The summed E-state index contributed by atoms with van der Waals surface area (Å²) in [7, 11) is -1.74. The summed E-state index contributed by atoms with van der Waals surface area (Å²) in [4.78, 5) is 14.2. The lowest BCUT2D eigenvalue weighted by Gasteiger charge is -2.34. The average Bonchev–Trinajstić information content (AvgIpc) is 3.11. The van der Waals surface area contributed by atoms with Crippen molar-refractivity contribution in [1.29, 1.82) is 0 Å². The first-order valence-electron chi connectivity index (χ1n) is 9.63. The van der Waals surface area contributed by atoms with Gasteiger partial charge in [0.25, 0.3) is 0 Å². The fraction of sp³-hybridized carbons (Fsp3) is 0.286. The maximum atomic E-state index is 13.7. The predicted molar refractivity (Wildman–Crippen MR) is 113 cm³/mol. The van der Waals surface area contributed by atoms with Gasteiger partial charge in [0, 0.05) is 56.0 Å². The van der Waals surface area contributed by atoms with E-state index >= 15 is 0 Å². The molecule has 0 radical (unpaired) electrons. The normalized spacial score (nSPS) is 15.5. The zero-order chi connectivity index (χ0) is 21.5. The molecule has 3 aromatic rings. The number of sulfonamides is 1. The van der Waals surface area contributed by atoms with E-state index in [2.05, 4.69) is 5.32 Å². The molecule has 1 aromatic heterocycles. The number of aryl methyl sites for hydroxylation is 2. The molecule has 2 aromatic carbocycles. The van der Waals surface area contributed by atoms with Gasteiger partial charge in [0.2, 0.25) is 10.0 Å². The number of hydrogen-bond acceptors (Lipinski definition) is 3. The number of aromatic nitrogens is 1. The van der Waals surface area contributed by atoms with Crippen LogP contribution in [0.25, 0.3) is 10.9 Å². The number of nitrogens with zero attached hydrogens (tertiary/aromatic N) is 3. The molecule has 158 valence electrons.